The number of rotatable bonds is 4. The molecule has 3 nitrogen and oxygen atoms in total. The third-order valence-corrected chi connectivity index (χ3v) is 5.67. The third kappa shape index (κ3) is 4.21. The summed E-state index contributed by atoms with van der Waals surface area (Å²) in [5.74, 6) is 2.79. The van der Waals surface area contributed by atoms with E-state index in [1.165, 1.54) is 19.3 Å². The van der Waals surface area contributed by atoms with E-state index in [0.29, 0.717) is 17.9 Å². The third-order valence-electron chi connectivity index (χ3n) is 5.67. The highest BCUT2D eigenvalue weighted by atomic mass is 16.1. The van der Waals surface area contributed by atoms with Gasteiger partial charge in [0.15, 0.2) is 0 Å². The summed E-state index contributed by atoms with van der Waals surface area (Å²) in [7, 11) is 0. The molecule has 0 radical (unpaired) electrons. The number of hydrogen-bond acceptors (Lipinski definition) is 2. The summed E-state index contributed by atoms with van der Waals surface area (Å²) < 4.78 is 0. The van der Waals surface area contributed by atoms with Crippen LogP contribution in [0.2, 0.25) is 0 Å². The zero-order valence-electron chi connectivity index (χ0n) is 13.2. The van der Waals surface area contributed by atoms with Crippen molar-refractivity contribution in [3.63, 3.8) is 0 Å². The van der Waals surface area contributed by atoms with Gasteiger partial charge in [0.25, 0.3) is 0 Å². The first-order valence-electron chi connectivity index (χ1n) is 8.60. The van der Waals surface area contributed by atoms with E-state index in [2.05, 4.69) is 19.2 Å². The molecule has 0 saturated heterocycles. The van der Waals surface area contributed by atoms with Crippen molar-refractivity contribution in [1.29, 1.82) is 0 Å². The fourth-order valence-electron chi connectivity index (χ4n) is 4.02. The first-order valence-corrected chi connectivity index (χ1v) is 8.60. The molecule has 2 saturated carbocycles. The van der Waals surface area contributed by atoms with Crippen LogP contribution in [-0.2, 0) is 4.79 Å². The van der Waals surface area contributed by atoms with Gasteiger partial charge in [0.2, 0.25) is 5.91 Å². The number of carbonyl (C=O) groups excluding carboxylic acids is 1. The molecule has 1 amide bonds. The number of hydrogen-bond donors (Lipinski definition) is 2. The van der Waals surface area contributed by atoms with E-state index in [1.807, 2.05) is 0 Å². The molecule has 5 atom stereocenters. The quantitative estimate of drug-likeness (QED) is 0.831. The smallest absolute Gasteiger partial charge is 0.223 e. The van der Waals surface area contributed by atoms with Crippen molar-refractivity contribution >= 4 is 5.91 Å². The van der Waals surface area contributed by atoms with Crippen LogP contribution in [0, 0.1) is 23.7 Å². The summed E-state index contributed by atoms with van der Waals surface area (Å²) in [6.45, 7) is 5.42. The van der Waals surface area contributed by atoms with Crippen molar-refractivity contribution in [1.82, 2.24) is 5.32 Å². The Kier molecular flexibility index (Phi) is 5.88. The Morgan fingerprint density at radius 2 is 1.90 bits per heavy atom. The average molecular weight is 280 g/mol. The van der Waals surface area contributed by atoms with Gasteiger partial charge in [-0.15, -0.1) is 0 Å². The predicted octanol–water partition coefficient (Wildman–Crippen LogP) is 3.08. The zero-order valence-corrected chi connectivity index (χ0v) is 13.2. The maximum absolute atomic E-state index is 12.5. The number of nitrogens with two attached hydrogens (primary N) is 1. The Labute approximate surface area is 124 Å². The minimum atomic E-state index is 0.245. The predicted molar refractivity (Wildman–Crippen MR) is 83.2 cm³/mol. The van der Waals surface area contributed by atoms with Gasteiger partial charge in [-0.05, 0) is 62.8 Å². The molecular weight excluding hydrogens is 248 g/mol. The summed E-state index contributed by atoms with van der Waals surface area (Å²) >= 11 is 0. The van der Waals surface area contributed by atoms with E-state index in [1.54, 1.807) is 0 Å². The molecule has 0 aromatic carbocycles. The summed E-state index contributed by atoms with van der Waals surface area (Å²) in [4.78, 5) is 12.5. The number of amides is 1. The normalized spacial score (nSPS) is 38.5. The highest BCUT2D eigenvalue weighted by Gasteiger charge is 2.30. The van der Waals surface area contributed by atoms with Crippen LogP contribution >= 0.6 is 0 Å². The molecule has 0 spiro atoms. The van der Waals surface area contributed by atoms with Crippen LogP contribution in [0.25, 0.3) is 0 Å². The van der Waals surface area contributed by atoms with Gasteiger partial charge in [-0.3, -0.25) is 4.79 Å². The molecule has 2 aliphatic rings. The van der Waals surface area contributed by atoms with Crippen LogP contribution in [0.5, 0.6) is 0 Å². The van der Waals surface area contributed by atoms with Crippen LogP contribution in [0.1, 0.15) is 65.2 Å². The maximum atomic E-state index is 12.5. The van der Waals surface area contributed by atoms with E-state index in [0.717, 1.165) is 50.5 Å². The lowest BCUT2D eigenvalue weighted by atomic mass is 9.77. The van der Waals surface area contributed by atoms with Crippen molar-refractivity contribution in [3.05, 3.63) is 0 Å². The standard InChI is InChI=1S/C17H32N2O/c1-12-6-7-16(10-13(12)2)19-17(20)15-5-3-4-14(11-15)8-9-18/h12-16H,3-11,18H2,1-2H3,(H,19,20). The minimum Gasteiger partial charge on any atom is -0.353 e. The van der Waals surface area contributed by atoms with Crippen LogP contribution in [0.4, 0.5) is 0 Å². The SMILES string of the molecule is CC1CCC(NC(=O)C2CCCC(CCN)C2)CC1C. The van der Waals surface area contributed by atoms with Gasteiger partial charge < -0.3 is 11.1 Å². The van der Waals surface area contributed by atoms with Gasteiger partial charge in [-0.25, -0.2) is 0 Å². The van der Waals surface area contributed by atoms with Crippen molar-refractivity contribution in [2.24, 2.45) is 29.4 Å². The molecule has 2 aliphatic carbocycles. The van der Waals surface area contributed by atoms with Crippen molar-refractivity contribution in [2.45, 2.75) is 71.3 Å². The van der Waals surface area contributed by atoms with Crippen LogP contribution < -0.4 is 11.1 Å². The van der Waals surface area contributed by atoms with E-state index in [9.17, 15) is 4.79 Å². The van der Waals surface area contributed by atoms with E-state index >= 15 is 0 Å². The number of carbonyl (C=O) groups is 1. The average Bonchev–Trinajstić information content (AvgIpc) is 2.43. The summed E-state index contributed by atoms with van der Waals surface area (Å²) in [5, 5.41) is 3.33. The minimum absolute atomic E-state index is 0.245. The lowest BCUT2D eigenvalue weighted by Gasteiger charge is -2.34. The fraction of sp³-hybridized carbons (Fsp3) is 0.941. The lowest BCUT2D eigenvalue weighted by Crippen LogP contribution is -2.43. The first kappa shape index (κ1) is 15.8. The highest BCUT2D eigenvalue weighted by Crippen LogP contribution is 2.32. The van der Waals surface area contributed by atoms with Crippen molar-refractivity contribution in [2.75, 3.05) is 6.54 Å². The fourth-order valence-corrected chi connectivity index (χ4v) is 4.02. The van der Waals surface area contributed by atoms with Crippen LogP contribution in [0.3, 0.4) is 0 Å². The Balaban J connectivity index is 1.79. The molecule has 20 heavy (non-hydrogen) atoms. The first-order chi connectivity index (χ1) is 9.60. The molecule has 2 fully saturated rings. The Bertz CT molecular complexity index is 316. The summed E-state index contributed by atoms with van der Waals surface area (Å²) in [6, 6.07) is 0.420. The molecule has 3 heteroatoms. The van der Waals surface area contributed by atoms with Gasteiger partial charge in [0, 0.05) is 12.0 Å². The molecule has 116 valence electrons. The Morgan fingerprint density at radius 1 is 1.10 bits per heavy atom. The van der Waals surface area contributed by atoms with Gasteiger partial charge >= 0.3 is 0 Å². The van der Waals surface area contributed by atoms with Crippen molar-refractivity contribution < 1.29 is 4.79 Å². The topological polar surface area (TPSA) is 55.1 Å². The van der Waals surface area contributed by atoms with Crippen LogP contribution in [0.15, 0.2) is 0 Å². The van der Waals surface area contributed by atoms with Crippen molar-refractivity contribution in [3.8, 4) is 0 Å². The van der Waals surface area contributed by atoms with E-state index in [-0.39, 0.29) is 5.92 Å². The molecule has 5 unspecified atom stereocenters. The summed E-state index contributed by atoms with van der Waals surface area (Å²) in [6.07, 6.45) is 9.25. The molecular formula is C17H32N2O. The molecule has 0 bridgehead atoms. The van der Waals surface area contributed by atoms with Gasteiger partial charge in [-0.1, -0.05) is 26.7 Å². The van der Waals surface area contributed by atoms with E-state index < -0.39 is 0 Å². The largest absolute Gasteiger partial charge is 0.353 e. The molecule has 0 aliphatic heterocycles. The molecule has 0 aromatic rings. The second-order valence-corrected chi connectivity index (χ2v) is 7.28. The monoisotopic (exact) mass is 280 g/mol. The molecule has 2 rings (SSSR count). The zero-order chi connectivity index (χ0) is 14.5. The lowest BCUT2D eigenvalue weighted by molar-refractivity contribution is -0.127. The molecule has 3 N–H and O–H groups in total. The van der Waals surface area contributed by atoms with Gasteiger partial charge in [0.1, 0.15) is 0 Å². The molecule has 0 aromatic heterocycles. The summed E-state index contributed by atoms with van der Waals surface area (Å²) in [5.41, 5.74) is 5.66. The van der Waals surface area contributed by atoms with Gasteiger partial charge in [0.05, 0.1) is 0 Å². The second-order valence-electron chi connectivity index (χ2n) is 7.28. The number of nitrogens with one attached hydrogen (secondary N) is 1. The second kappa shape index (κ2) is 7.44. The van der Waals surface area contributed by atoms with E-state index in [4.69, 9.17) is 5.73 Å². The Hall–Kier alpha value is -0.570. The van der Waals surface area contributed by atoms with Gasteiger partial charge in [-0.2, -0.15) is 0 Å². The Morgan fingerprint density at radius 3 is 2.60 bits per heavy atom. The maximum Gasteiger partial charge on any atom is 0.223 e. The van der Waals surface area contributed by atoms with Crippen LogP contribution in [-0.4, -0.2) is 18.5 Å². The highest BCUT2D eigenvalue weighted by molar-refractivity contribution is 5.79. The molecule has 0 heterocycles.